The summed E-state index contributed by atoms with van der Waals surface area (Å²) in [6, 6.07) is 9.42. The molecule has 0 aliphatic rings. The lowest BCUT2D eigenvalue weighted by molar-refractivity contribution is 0.0947. The van der Waals surface area contributed by atoms with Gasteiger partial charge >= 0.3 is 0 Å². The first-order valence-corrected chi connectivity index (χ1v) is 8.60. The Kier molecular flexibility index (Phi) is 5.28. The molecule has 0 unspecified atom stereocenters. The number of furan rings is 1. The first-order chi connectivity index (χ1) is 11.8. The fourth-order valence-corrected chi connectivity index (χ4v) is 3.13. The van der Waals surface area contributed by atoms with E-state index in [0.29, 0.717) is 23.5 Å². The molecule has 1 aromatic carbocycles. The zero-order chi connectivity index (χ0) is 16.8. The van der Waals surface area contributed by atoms with Gasteiger partial charge in [-0.3, -0.25) is 14.8 Å². The smallest absolute Gasteiger partial charge is 0.252 e. The molecule has 0 aliphatic carbocycles. The lowest BCUT2D eigenvalue weighted by atomic mass is 10.1. The Morgan fingerprint density at radius 1 is 1.21 bits per heavy atom. The standard InChI is InChI=1S/C18H17N3O2S/c1-2-24-16-6-4-3-5-14(16)18(22)21-11-15-17(20-9-8-19-15)13-7-10-23-12-13/h3-10,12H,2,11H2,1H3,(H,21,22). The topological polar surface area (TPSA) is 68.0 Å². The Labute approximate surface area is 144 Å². The van der Waals surface area contributed by atoms with Crippen molar-refractivity contribution in [1.82, 2.24) is 15.3 Å². The predicted molar refractivity (Wildman–Crippen MR) is 93.7 cm³/mol. The minimum atomic E-state index is -0.115. The van der Waals surface area contributed by atoms with E-state index in [9.17, 15) is 4.79 Å². The van der Waals surface area contributed by atoms with Crippen molar-refractivity contribution in [2.45, 2.75) is 18.4 Å². The summed E-state index contributed by atoms with van der Waals surface area (Å²) in [5.41, 5.74) is 2.93. The van der Waals surface area contributed by atoms with Gasteiger partial charge in [-0.25, -0.2) is 0 Å². The third-order valence-electron chi connectivity index (χ3n) is 3.42. The summed E-state index contributed by atoms with van der Waals surface area (Å²) in [6.07, 6.45) is 6.44. The highest BCUT2D eigenvalue weighted by molar-refractivity contribution is 7.99. The van der Waals surface area contributed by atoms with Gasteiger partial charge in [0.25, 0.3) is 5.91 Å². The van der Waals surface area contributed by atoms with Crippen molar-refractivity contribution in [3.8, 4) is 11.3 Å². The van der Waals surface area contributed by atoms with E-state index in [0.717, 1.165) is 16.2 Å². The fourth-order valence-electron chi connectivity index (χ4n) is 2.33. The molecule has 2 heterocycles. The van der Waals surface area contributed by atoms with Gasteiger partial charge in [-0.1, -0.05) is 19.1 Å². The minimum Gasteiger partial charge on any atom is -0.472 e. The fraction of sp³-hybridized carbons (Fsp3) is 0.167. The van der Waals surface area contributed by atoms with Crippen LogP contribution in [0.3, 0.4) is 0 Å². The molecular weight excluding hydrogens is 322 g/mol. The number of carbonyl (C=O) groups excluding carboxylic acids is 1. The molecular formula is C18H17N3O2S. The highest BCUT2D eigenvalue weighted by atomic mass is 32.2. The number of hydrogen-bond acceptors (Lipinski definition) is 5. The quantitative estimate of drug-likeness (QED) is 0.692. The molecule has 0 saturated heterocycles. The molecule has 0 spiro atoms. The van der Waals surface area contributed by atoms with Crippen LogP contribution in [-0.2, 0) is 6.54 Å². The van der Waals surface area contributed by atoms with Gasteiger partial charge in [-0.15, -0.1) is 11.8 Å². The van der Waals surface area contributed by atoms with Crippen LogP contribution >= 0.6 is 11.8 Å². The molecule has 0 atom stereocenters. The number of thioether (sulfide) groups is 1. The average Bonchev–Trinajstić information content (AvgIpc) is 3.15. The molecule has 0 radical (unpaired) electrons. The summed E-state index contributed by atoms with van der Waals surface area (Å²) in [5, 5.41) is 2.93. The number of benzene rings is 1. The molecule has 1 N–H and O–H groups in total. The largest absolute Gasteiger partial charge is 0.472 e. The van der Waals surface area contributed by atoms with Crippen LogP contribution in [-0.4, -0.2) is 21.6 Å². The molecule has 5 nitrogen and oxygen atoms in total. The summed E-state index contributed by atoms with van der Waals surface area (Å²) in [4.78, 5) is 22.2. The molecule has 3 aromatic rings. The van der Waals surface area contributed by atoms with Crippen LogP contribution in [0, 0.1) is 0 Å². The van der Waals surface area contributed by atoms with Crippen LogP contribution in [0.15, 0.2) is 64.6 Å². The van der Waals surface area contributed by atoms with E-state index in [4.69, 9.17) is 4.42 Å². The lowest BCUT2D eigenvalue weighted by Gasteiger charge is -2.10. The first kappa shape index (κ1) is 16.3. The van der Waals surface area contributed by atoms with Crippen molar-refractivity contribution >= 4 is 17.7 Å². The minimum absolute atomic E-state index is 0.115. The maximum absolute atomic E-state index is 12.5. The second-order valence-corrected chi connectivity index (χ2v) is 6.28. The molecule has 0 bridgehead atoms. The van der Waals surface area contributed by atoms with Gasteiger partial charge in [0, 0.05) is 22.9 Å². The third kappa shape index (κ3) is 3.65. The summed E-state index contributed by atoms with van der Waals surface area (Å²) in [7, 11) is 0. The number of aromatic nitrogens is 2. The molecule has 122 valence electrons. The van der Waals surface area contributed by atoms with Gasteiger partial charge in [0.2, 0.25) is 0 Å². The number of hydrogen-bond donors (Lipinski definition) is 1. The summed E-state index contributed by atoms with van der Waals surface area (Å²) >= 11 is 1.65. The molecule has 0 aliphatic heterocycles. The number of carbonyl (C=O) groups is 1. The summed E-state index contributed by atoms with van der Waals surface area (Å²) < 4.78 is 5.10. The van der Waals surface area contributed by atoms with Gasteiger partial charge in [-0.2, -0.15) is 0 Å². The van der Waals surface area contributed by atoms with Crippen LogP contribution < -0.4 is 5.32 Å². The highest BCUT2D eigenvalue weighted by Gasteiger charge is 2.13. The Balaban J connectivity index is 1.76. The molecule has 3 rings (SSSR count). The van der Waals surface area contributed by atoms with Gasteiger partial charge in [0.15, 0.2) is 0 Å². The monoisotopic (exact) mass is 339 g/mol. The van der Waals surface area contributed by atoms with Crippen LogP contribution in [0.1, 0.15) is 23.0 Å². The number of nitrogens with zero attached hydrogens (tertiary/aromatic N) is 2. The van der Waals surface area contributed by atoms with Crippen molar-refractivity contribution < 1.29 is 9.21 Å². The summed E-state index contributed by atoms with van der Waals surface area (Å²) in [5.74, 6) is 0.800. The lowest BCUT2D eigenvalue weighted by Crippen LogP contribution is -2.24. The molecule has 0 saturated carbocycles. The Bertz CT molecular complexity index is 819. The van der Waals surface area contributed by atoms with E-state index >= 15 is 0 Å². The number of nitrogens with one attached hydrogen (secondary N) is 1. The SMILES string of the molecule is CCSc1ccccc1C(=O)NCc1nccnc1-c1ccoc1. The zero-order valence-electron chi connectivity index (χ0n) is 13.2. The van der Waals surface area contributed by atoms with Crippen molar-refractivity contribution in [3.63, 3.8) is 0 Å². The van der Waals surface area contributed by atoms with E-state index < -0.39 is 0 Å². The van der Waals surface area contributed by atoms with Crippen LogP contribution in [0.2, 0.25) is 0 Å². The average molecular weight is 339 g/mol. The molecule has 6 heteroatoms. The van der Waals surface area contributed by atoms with Gasteiger partial charge in [-0.05, 0) is 24.0 Å². The van der Waals surface area contributed by atoms with Crippen molar-refractivity contribution in [1.29, 1.82) is 0 Å². The highest BCUT2D eigenvalue weighted by Crippen LogP contribution is 2.23. The van der Waals surface area contributed by atoms with E-state index in [1.807, 2.05) is 30.3 Å². The summed E-state index contributed by atoms with van der Waals surface area (Å²) in [6.45, 7) is 2.37. The van der Waals surface area contributed by atoms with Crippen molar-refractivity contribution in [2.24, 2.45) is 0 Å². The maximum Gasteiger partial charge on any atom is 0.252 e. The maximum atomic E-state index is 12.5. The molecule has 0 fully saturated rings. The molecule has 2 aromatic heterocycles. The first-order valence-electron chi connectivity index (χ1n) is 7.62. The van der Waals surface area contributed by atoms with Crippen LogP contribution in [0.5, 0.6) is 0 Å². The van der Waals surface area contributed by atoms with Crippen molar-refractivity contribution in [2.75, 3.05) is 5.75 Å². The third-order valence-corrected chi connectivity index (χ3v) is 4.37. The molecule has 1 amide bonds. The Morgan fingerprint density at radius 2 is 2.04 bits per heavy atom. The van der Waals surface area contributed by atoms with Gasteiger partial charge in [0.05, 0.1) is 36.0 Å². The Morgan fingerprint density at radius 3 is 2.83 bits per heavy atom. The second kappa shape index (κ2) is 7.79. The van der Waals surface area contributed by atoms with E-state index in [2.05, 4.69) is 22.2 Å². The number of amides is 1. The zero-order valence-corrected chi connectivity index (χ0v) is 14.0. The molecule has 24 heavy (non-hydrogen) atoms. The predicted octanol–water partition coefficient (Wildman–Crippen LogP) is 3.78. The van der Waals surface area contributed by atoms with Crippen LogP contribution in [0.25, 0.3) is 11.3 Å². The van der Waals surface area contributed by atoms with E-state index in [-0.39, 0.29) is 5.91 Å². The number of rotatable bonds is 6. The van der Waals surface area contributed by atoms with E-state index in [1.165, 1.54) is 0 Å². The van der Waals surface area contributed by atoms with E-state index in [1.54, 1.807) is 36.7 Å². The van der Waals surface area contributed by atoms with Crippen LogP contribution in [0.4, 0.5) is 0 Å². The van der Waals surface area contributed by atoms with Crippen molar-refractivity contribution in [3.05, 3.63) is 66.5 Å². The van der Waals surface area contributed by atoms with Gasteiger partial charge < -0.3 is 9.73 Å². The Hall–Kier alpha value is -2.60. The van der Waals surface area contributed by atoms with Gasteiger partial charge in [0.1, 0.15) is 0 Å². The normalized spacial score (nSPS) is 10.5. The second-order valence-electron chi connectivity index (χ2n) is 4.98.